The van der Waals surface area contributed by atoms with E-state index in [0.717, 1.165) is 79.9 Å². The summed E-state index contributed by atoms with van der Waals surface area (Å²) in [6, 6.07) is 0. The third kappa shape index (κ3) is 3.88. The third-order valence-corrected chi connectivity index (χ3v) is 21.1. The minimum absolute atomic E-state index is 0.831. The van der Waals surface area contributed by atoms with Gasteiger partial charge in [-0.25, -0.2) is 0 Å². The van der Waals surface area contributed by atoms with Gasteiger partial charge in [0.15, 0.2) is 0 Å². The zero-order chi connectivity index (χ0) is 23.1. The number of alkyl halides is 2. The molecule has 6 fully saturated rings. The Labute approximate surface area is 222 Å². The molecule has 3 heteroatoms. The second-order valence-electron chi connectivity index (χ2n) is 14.7. The van der Waals surface area contributed by atoms with Gasteiger partial charge in [0.25, 0.3) is 0 Å². The lowest BCUT2D eigenvalue weighted by atomic mass is 9.64. The molecule has 6 rings (SSSR count). The largest absolute Gasteiger partial charge is 0.0884 e. The molecule has 0 saturated heterocycles. The van der Waals surface area contributed by atoms with E-state index in [1.54, 1.807) is 12.8 Å². The molecule has 0 amide bonds. The summed E-state index contributed by atoms with van der Waals surface area (Å²) in [5.41, 5.74) is 2.16. The van der Waals surface area contributed by atoms with E-state index < -0.39 is 8.07 Å². The maximum Gasteiger partial charge on any atom is 0.0546 e. The molecule has 0 spiro atoms. The van der Waals surface area contributed by atoms with Crippen LogP contribution in [0.5, 0.6) is 0 Å². The van der Waals surface area contributed by atoms with Crippen LogP contribution in [0.15, 0.2) is 0 Å². The van der Waals surface area contributed by atoms with Crippen LogP contribution in [-0.4, -0.2) is 17.7 Å². The fourth-order valence-corrected chi connectivity index (χ4v) is 21.5. The van der Waals surface area contributed by atoms with Crippen molar-refractivity contribution in [1.29, 1.82) is 0 Å². The smallest absolute Gasteiger partial charge is 0.0546 e. The van der Waals surface area contributed by atoms with Gasteiger partial charge in [-0.15, -0.1) is 0 Å². The summed E-state index contributed by atoms with van der Waals surface area (Å²) in [6.07, 6.45) is 18.4. The standard InChI is InChI=1S/C30H50Br2Si/c1-17-13-23-25(15-19-9-5-7-11-21(19)27(23)31)29(17)33(3,4)30-18(2)14-24-26(30)16-20-10-6-8-12-22(20)28(24)32/h17-30H,5-16H2,1-4H3. The number of halogens is 2. The summed E-state index contributed by atoms with van der Waals surface area (Å²) in [5.74, 6) is 10.1. The molecular weight excluding hydrogens is 548 g/mol. The Kier molecular flexibility index (Phi) is 6.82. The maximum absolute atomic E-state index is 4.36. The summed E-state index contributed by atoms with van der Waals surface area (Å²) >= 11 is 8.73. The second kappa shape index (κ2) is 9.18. The van der Waals surface area contributed by atoms with Gasteiger partial charge >= 0.3 is 0 Å². The van der Waals surface area contributed by atoms with Gasteiger partial charge in [-0.2, -0.15) is 0 Å². The van der Waals surface area contributed by atoms with Gasteiger partial charge in [-0.3, -0.25) is 0 Å². The van der Waals surface area contributed by atoms with Crippen molar-refractivity contribution in [2.75, 3.05) is 0 Å². The van der Waals surface area contributed by atoms with Crippen molar-refractivity contribution in [3.8, 4) is 0 Å². The van der Waals surface area contributed by atoms with Crippen molar-refractivity contribution in [1.82, 2.24) is 0 Å². The molecule has 0 aromatic rings. The molecule has 0 aromatic heterocycles. The van der Waals surface area contributed by atoms with E-state index >= 15 is 0 Å². The molecule has 0 aliphatic heterocycles. The highest BCUT2D eigenvalue weighted by atomic mass is 79.9. The first-order valence-corrected chi connectivity index (χ1v) is 20.1. The summed E-state index contributed by atoms with van der Waals surface area (Å²) in [6.45, 7) is 11.2. The third-order valence-electron chi connectivity index (χ3n) is 13.0. The van der Waals surface area contributed by atoms with Gasteiger partial charge in [0.2, 0.25) is 0 Å². The number of rotatable bonds is 2. The van der Waals surface area contributed by atoms with Crippen molar-refractivity contribution in [2.45, 2.75) is 125 Å². The molecule has 6 saturated carbocycles. The van der Waals surface area contributed by atoms with Crippen LogP contribution >= 0.6 is 31.9 Å². The first-order chi connectivity index (χ1) is 15.8. The molecule has 6 aliphatic rings. The molecular formula is C30H50Br2Si. The minimum Gasteiger partial charge on any atom is -0.0884 e. The highest BCUT2D eigenvalue weighted by Gasteiger charge is 2.62. The molecule has 0 radical (unpaired) electrons. The average Bonchev–Trinajstić information content (AvgIpc) is 3.31. The van der Waals surface area contributed by atoms with E-state index in [-0.39, 0.29) is 0 Å². The Morgan fingerprint density at radius 3 is 1.33 bits per heavy atom. The number of hydrogen-bond donors (Lipinski definition) is 0. The molecule has 14 atom stereocenters. The monoisotopic (exact) mass is 596 g/mol. The van der Waals surface area contributed by atoms with Crippen molar-refractivity contribution in [3.63, 3.8) is 0 Å². The van der Waals surface area contributed by atoms with Crippen molar-refractivity contribution < 1.29 is 0 Å². The molecule has 0 bridgehead atoms. The zero-order valence-corrected chi connectivity index (χ0v) is 26.0. The van der Waals surface area contributed by atoms with Crippen molar-refractivity contribution in [3.05, 3.63) is 0 Å². The van der Waals surface area contributed by atoms with Gasteiger partial charge in [-0.05, 0) is 109 Å². The maximum atomic E-state index is 4.36. The molecule has 0 nitrogen and oxygen atoms in total. The predicted molar refractivity (Wildman–Crippen MR) is 152 cm³/mol. The minimum atomic E-state index is -1.39. The Morgan fingerprint density at radius 1 is 0.515 bits per heavy atom. The molecule has 0 heterocycles. The Bertz CT molecular complexity index is 664. The molecule has 33 heavy (non-hydrogen) atoms. The molecule has 6 aliphatic carbocycles. The van der Waals surface area contributed by atoms with E-state index in [0.29, 0.717) is 0 Å². The van der Waals surface area contributed by atoms with E-state index in [2.05, 4.69) is 58.8 Å². The lowest BCUT2D eigenvalue weighted by Crippen LogP contribution is -2.50. The van der Waals surface area contributed by atoms with Gasteiger partial charge in [0.1, 0.15) is 0 Å². The van der Waals surface area contributed by atoms with Crippen LogP contribution in [0, 0.1) is 59.2 Å². The normalized spacial score (nSPS) is 56.5. The topological polar surface area (TPSA) is 0 Å². The van der Waals surface area contributed by atoms with E-state index in [4.69, 9.17) is 0 Å². The molecule has 0 aromatic carbocycles. The van der Waals surface area contributed by atoms with Gasteiger partial charge in [0.05, 0.1) is 8.07 Å². The highest BCUT2D eigenvalue weighted by molar-refractivity contribution is 9.09. The highest BCUT2D eigenvalue weighted by Crippen LogP contribution is 2.68. The second-order valence-corrected chi connectivity index (χ2v) is 21.8. The van der Waals surface area contributed by atoms with Crippen LogP contribution in [0.2, 0.25) is 24.2 Å². The van der Waals surface area contributed by atoms with Crippen molar-refractivity contribution >= 4 is 39.9 Å². The van der Waals surface area contributed by atoms with E-state index in [9.17, 15) is 0 Å². The number of hydrogen-bond acceptors (Lipinski definition) is 0. The molecule has 188 valence electrons. The molecule has 0 N–H and O–H groups in total. The quantitative estimate of drug-likeness (QED) is 0.219. The zero-order valence-electron chi connectivity index (χ0n) is 21.8. The fourth-order valence-electron chi connectivity index (χ4n) is 12.3. The molecule has 14 unspecified atom stereocenters. The van der Waals surface area contributed by atoms with E-state index in [1.807, 2.05) is 0 Å². The Hall–Kier alpha value is 1.18. The predicted octanol–water partition coefficient (Wildman–Crippen LogP) is 9.93. The van der Waals surface area contributed by atoms with Gasteiger partial charge < -0.3 is 0 Å². The number of fused-ring (bicyclic) bond motifs is 4. The van der Waals surface area contributed by atoms with Crippen LogP contribution in [0.3, 0.4) is 0 Å². The van der Waals surface area contributed by atoms with Crippen LogP contribution in [0.4, 0.5) is 0 Å². The Balaban J connectivity index is 1.28. The van der Waals surface area contributed by atoms with Crippen LogP contribution in [-0.2, 0) is 0 Å². The van der Waals surface area contributed by atoms with Crippen molar-refractivity contribution in [2.24, 2.45) is 59.2 Å². The summed E-state index contributed by atoms with van der Waals surface area (Å²) in [7, 11) is -1.39. The fraction of sp³-hybridized carbons (Fsp3) is 1.00. The summed E-state index contributed by atoms with van der Waals surface area (Å²) in [5, 5.41) is 0. The van der Waals surface area contributed by atoms with Gasteiger partial charge in [-0.1, -0.05) is 97.3 Å². The lowest BCUT2D eigenvalue weighted by molar-refractivity contribution is 0.0996. The first kappa shape index (κ1) is 24.5. The van der Waals surface area contributed by atoms with Crippen LogP contribution in [0.25, 0.3) is 0 Å². The average molecular weight is 599 g/mol. The van der Waals surface area contributed by atoms with Gasteiger partial charge in [0, 0.05) is 9.65 Å². The Morgan fingerprint density at radius 2 is 0.909 bits per heavy atom. The first-order valence-electron chi connectivity index (χ1n) is 15.1. The summed E-state index contributed by atoms with van der Waals surface area (Å²) in [4.78, 5) is 1.66. The van der Waals surface area contributed by atoms with Crippen LogP contribution in [0.1, 0.15) is 90.9 Å². The summed E-state index contributed by atoms with van der Waals surface area (Å²) < 4.78 is 0. The SMILES string of the molecule is CC1CC2C(Br)C3CCCCC3CC2C1[Si](C)(C)C1C(C)CC2C(Br)C3CCCCC3CC21. The van der Waals surface area contributed by atoms with E-state index in [1.165, 1.54) is 64.2 Å². The lowest BCUT2D eigenvalue weighted by Gasteiger charge is -2.53. The van der Waals surface area contributed by atoms with Crippen LogP contribution < -0.4 is 0 Å².